The van der Waals surface area contributed by atoms with Crippen molar-refractivity contribution in [1.29, 1.82) is 0 Å². The molecule has 0 radical (unpaired) electrons. The maximum absolute atomic E-state index is 11.4. The third-order valence-corrected chi connectivity index (χ3v) is 3.22. The zero-order chi connectivity index (χ0) is 13.1. The highest BCUT2D eigenvalue weighted by molar-refractivity contribution is 7.89. The van der Waals surface area contributed by atoms with E-state index in [1.54, 1.807) is 12.1 Å². The summed E-state index contributed by atoms with van der Waals surface area (Å²) >= 11 is 0. The molecule has 0 saturated carbocycles. The molecular weight excluding hydrogens is 278 g/mol. The monoisotopic (exact) mass is 293 g/mol. The molecule has 0 saturated heterocycles. The first-order chi connectivity index (χ1) is 7.88. The number of hydrogen-bond donors (Lipinski definition) is 3. The van der Waals surface area contributed by atoms with Crippen molar-refractivity contribution in [2.24, 2.45) is 10.9 Å². The van der Waals surface area contributed by atoms with Gasteiger partial charge in [-0.05, 0) is 24.1 Å². The molecule has 0 bridgehead atoms. The molecule has 1 amide bonds. The van der Waals surface area contributed by atoms with Crippen LogP contribution in [0.1, 0.15) is 12.5 Å². The predicted molar refractivity (Wildman–Crippen MR) is 72.1 cm³/mol. The number of sulfonamides is 1. The Morgan fingerprint density at radius 3 is 2.44 bits per heavy atom. The third kappa shape index (κ3) is 4.26. The fraction of sp³-hybridized carbons (Fsp3) is 0.300. The maximum Gasteiger partial charge on any atom is 0.238 e. The highest BCUT2D eigenvalue weighted by Gasteiger charge is 2.14. The molecule has 1 aromatic carbocycles. The van der Waals surface area contributed by atoms with E-state index in [2.05, 4.69) is 5.32 Å². The van der Waals surface area contributed by atoms with Crippen molar-refractivity contribution in [2.75, 3.05) is 11.9 Å². The van der Waals surface area contributed by atoms with E-state index in [1.807, 2.05) is 6.92 Å². The molecule has 0 atom stereocenters. The molecule has 0 heterocycles. The lowest BCUT2D eigenvalue weighted by Crippen LogP contribution is -2.22. The number of halogens is 1. The van der Waals surface area contributed by atoms with Gasteiger partial charge in [0.15, 0.2) is 0 Å². The number of nitrogens with one attached hydrogen (secondary N) is 1. The number of carbonyl (C=O) groups excluding carboxylic acids is 1. The lowest BCUT2D eigenvalue weighted by Gasteiger charge is -2.09. The molecule has 0 aromatic heterocycles. The number of primary sulfonamides is 1. The van der Waals surface area contributed by atoms with Gasteiger partial charge < -0.3 is 11.1 Å². The van der Waals surface area contributed by atoms with Crippen LogP contribution in [0.5, 0.6) is 0 Å². The van der Waals surface area contributed by atoms with Gasteiger partial charge in [0.2, 0.25) is 15.9 Å². The first-order valence-corrected chi connectivity index (χ1v) is 6.58. The Morgan fingerprint density at radius 2 is 2.00 bits per heavy atom. The van der Waals surface area contributed by atoms with Gasteiger partial charge in [-0.3, -0.25) is 4.79 Å². The third-order valence-electron chi connectivity index (χ3n) is 2.22. The highest BCUT2D eigenvalue weighted by Crippen LogP contribution is 2.20. The van der Waals surface area contributed by atoms with Crippen LogP contribution in [0.3, 0.4) is 0 Å². The van der Waals surface area contributed by atoms with Gasteiger partial charge in [0.25, 0.3) is 0 Å². The summed E-state index contributed by atoms with van der Waals surface area (Å²) in [5.41, 5.74) is 6.12. The number of rotatable bonds is 4. The van der Waals surface area contributed by atoms with Crippen LogP contribution in [-0.4, -0.2) is 20.9 Å². The van der Waals surface area contributed by atoms with Gasteiger partial charge in [-0.1, -0.05) is 13.0 Å². The lowest BCUT2D eigenvalue weighted by molar-refractivity contribution is -0.114. The zero-order valence-corrected chi connectivity index (χ0v) is 11.5. The molecular formula is C10H16ClN3O3S. The summed E-state index contributed by atoms with van der Waals surface area (Å²) in [5.74, 6) is -0.394. The molecule has 1 rings (SSSR count). The molecule has 18 heavy (non-hydrogen) atoms. The minimum Gasteiger partial charge on any atom is -0.325 e. The van der Waals surface area contributed by atoms with E-state index in [0.29, 0.717) is 17.7 Å². The second-order valence-electron chi connectivity index (χ2n) is 3.47. The van der Waals surface area contributed by atoms with E-state index >= 15 is 0 Å². The van der Waals surface area contributed by atoms with E-state index in [9.17, 15) is 13.2 Å². The van der Waals surface area contributed by atoms with Crippen molar-refractivity contribution in [3.8, 4) is 0 Å². The van der Waals surface area contributed by atoms with Crippen LogP contribution in [0.2, 0.25) is 0 Å². The average molecular weight is 294 g/mol. The molecule has 0 unspecified atom stereocenters. The summed E-state index contributed by atoms with van der Waals surface area (Å²) < 4.78 is 22.7. The Balaban J connectivity index is 0.00000289. The summed E-state index contributed by atoms with van der Waals surface area (Å²) in [7, 11) is -3.79. The second kappa shape index (κ2) is 6.69. The minimum atomic E-state index is -3.79. The van der Waals surface area contributed by atoms with E-state index in [-0.39, 0.29) is 23.8 Å². The number of benzene rings is 1. The number of carbonyl (C=O) groups is 1. The van der Waals surface area contributed by atoms with Crippen LogP contribution in [0, 0.1) is 0 Å². The fourth-order valence-corrected chi connectivity index (χ4v) is 2.27. The summed E-state index contributed by atoms with van der Waals surface area (Å²) in [5, 5.41) is 7.57. The summed E-state index contributed by atoms with van der Waals surface area (Å²) in [6.07, 6.45) is 0.539. The molecule has 0 fully saturated rings. The van der Waals surface area contributed by atoms with Gasteiger partial charge in [0, 0.05) is 5.69 Å². The van der Waals surface area contributed by atoms with Gasteiger partial charge in [-0.2, -0.15) is 0 Å². The van der Waals surface area contributed by atoms with Crippen molar-refractivity contribution >= 4 is 34.0 Å². The normalized spacial score (nSPS) is 10.6. The number of aryl methyl sites for hydroxylation is 1. The Labute approximate surface area is 112 Å². The molecule has 0 aliphatic rings. The summed E-state index contributed by atoms with van der Waals surface area (Å²) in [4.78, 5) is 11.1. The minimum absolute atomic E-state index is 0. The molecule has 0 aliphatic heterocycles. The zero-order valence-electron chi connectivity index (χ0n) is 9.84. The second-order valence-corrected chi connectivity index (χ2v) is 5.00. The van der Waals surface area contributed by atoms with Crippen LogP contribution in [0.25, 0.3) is 0 Å². The topological polar surface area (TPSA) is 115 Å². The molecule has 6 nitrogen and oxygen atoms in total. The van der Waals surface area contributed by atoms with Crippen molar-refractivity contribution in [2.45, 2.75) is 18.2 Å². The van der Waals surface area contributed by atoms with Crippen LogP contribution in [0.15, 0.2) is 23.1 Å². The van der Waals surface area contributed by atoms with Gasteiger partial charge in [0.05, 0.1) is 11.4 Å². The van der Waals surface area contributed by atoms with E-state index in [4.69, 9.17) is 10.9 Å². The summed E-state index contributed by atoms with van der Waals surface area (Å²) in [6.45, 7) is 1.66. The Bertz CT molecular complexity index is 531. The summed E-state index contributed by atoms with van der Waals surface area (Å²) in [6, 6.07) is 4.56. The lowest BCUT2D eigenvalue weighted by atomic mass is 10.1. The molecule has 1 aromatic rings. The molecule has 5 N–H and O–H groups in total. The van der Waals surface area contributed by atoms with E-state index in [0.717, 1.165) is 0 Å². The first-order valence-electron chi connectivity index (χ1n) is 5.04. The predicted octanol–water partition coefficient (Wildman–Crippen LogP) is 0.215. The van der Waals surface area contributed by atoms with E-state index in [1.165, 1.54) is 6.07 Å². The fourth-order valence-electron chi connectivity index (χ4n) is 1.40. The van der Waals surface area contributed by atoms with Crippen molar-refractivity contribution in [3.63, 3.8) is 0 Å². The van der Waals surface area contributed by atoms with Crippen molar-refractivity contribution in [3.05, 3.63) is 23.8 Å². The Kier molecular flexibility index (Phi) is 6.27. The first kappa shape index (κ1) is 16.9. The molecule has 0 aliphatic carbocycles. The van der Waals surface area contributed by atoms with Gasteiger partial charge in [-0.15, -0.1) is 12.4 Å². The molecule has 0 spiro atoms. The van der Waals surface area contributed by atoms with E-state index < -0.39 is 15.9 Å². The van der Waals surface area contributed by atoms with Crippen LogP contribution in [-0.2, 0) is 21.2 Å². The number of nitrogens with two attached hydrogens (primary N) is 2. The highest BCUT2D eigenvalue weighted by atomic mass is 35.5. The molecule has 8 heteroatoms. The number of amides is 1. The van der Waals surface area contributed by atoms with Crippen LogP contribution < -0.4 is 16.2 Å². The number of anilines is 1. The smallest absolute Gasteiger partial charge is 0.238 e. The quantitative estimate of drug-likeness (QED) is 0.736. The average Bonchev–Trinajstić information content (AvgIpc) is 2.27. The standard InChI is InChI=1S/C10H15N3O3S.ClH/c1-2-7-3-4-8(13-10(14)6-11)5-9(7)17(12,15)16;/h3-5H,2,6,11H2,1H3,(H,13,14)(H2,12,15,16);1H. The maximum atomic E-state index is 11.4. The SMILES string of the molecule is CCc1ccc(NC(=O)CN)cc1S(N)(=O)=O.Cl. The number of hydrogen-bond acceptors (Lipinski definition) is 4. The van der Waals surface area contributed by atoms with Gasteiger partial charge in [0.1, 0.15) is 0 Å². The largest absolute Gasteiger partial charge is 0.325 e. The Morgan fingerprint density at radius 1 is 1.39 bits per heavy atom. The Hall–Kier alpha value is -1.15. The van der Waals surface area contributed by atoms with Crippen LogP contribution >= 0.6 is 12.4 Å². The van der Waals surface area contributed by atoms with Gasteiger partial charge >= 0.3 is 0 Å². The van der Waals surface area contributed by atoms with Crippen molar-refractivity contribution in [1.82, 2.24) is 0 Å². The van der Waals surface area contributed by atoms with Crippen LogP contribution in [0.4, 0.5) is 5.69 Å². The van der Waals surface area contributed by atoms with Crippen molar-refractivity contribution < 1.29 is 13.2 Å². The van der Waals surface area contributed by atoms with Gasteiger partial charge in [-0.25, -0.2) is 13.6 Å². The molecule has 102 valence electrons.